The Hall–Kier alpha value is -2.34. The van der Waals surface area contributed by atoms with E-state index in [4.69, 9.17) is 10.5 Å². The van der Waals surface area contributed by atoms with E-state index >= 15 is 0 Å². The number of hydrogen-bond donors (Lipinski definition) is 1. The molecule has 0 aliphatic carbocycles. The molecule has 0 fully saturated rings. The molecule has 0 saturated carbocycles. The monoisotopic (exact) mass is 361 g/mol. The van der Waals surface area contributed by atoms with Crippen LogP contribution in [0.15, 0.2) is 42.5 Å². The molecule has 134 valence electrons. The number of carbonyl (C=O) groups is 1. The van der Waals surface area contributed by atoms with Crippen LogP contribution in [0, 0.1) is 6.92 Å². The molecule has 2 aromatic carbocycles. The van der Waals surface area contributed by atoms with Gasteiger partial charge in [0.2, 0.25) is 5.91 Å². The molecular formula is C19H23NO4S. The summed E-state index contributed by atoms with van der Waals surface area (Å²) in [5, 5.41) is 0. The first-order chi connectivity index (χ1) is 11.7. The van der Waals surface area contributed by atoms with E-state index in [9.17, 15) is 13.2 Å². The van der Waals surface area contributed by atoms with E-state index in [1.54, 1.807) is 18.2 Å². The third kappa shape index (κ3) is 6.23. The molecule has 2 rings (SSSR count). The van der Waals surface area contributed by atoms with Crippen LogP contribution in [0.2, 0.25) is 0 Å². The fraction of sp³-hybridized carbons (Fsp3) is 0.316. The van der Waals surface area contributed by atoms with E-state index in [1.807, 2.05) is 25.1 Å². The smallest absolute Gasteiger partial charge is 0.248 e. The Morgan fingerprint density at radius 3 is 2.52 bits per heavy atom. The highest BCUT2D eigenvalue weighted by Crippen LogP contribution is 2.22. The zero-order valence-corrected chi connectivity index (χ0v) is 15.3. The Kier molecular flexibility index (Phi) is 6.20. The number of rotatable bonds is 8. The van der Waals surface area contributed by atoms with Crippen molar-refractivity contribution in [2.45, 2.75) is 19.8 Å². The maximum atomic E-state index is 11.4. The summed E-state index contributed by atoms with van der Waals surface area (Å²) in [7, 11) is -3.08. The highest BCUT2D eigenvalue weighted by Gasteiger charge is 2.11. The predicted octanol–water partition coefficient (Wildman–Crippen LogP) is 2.30. The van der Waals surface area contributed by atoms with Crippen LogP contribution < -0.4 is 10.5 Å². The third-order valence-electron chi connectivity index (χ3n) is 3.82. The van der Waals surface area contributed by atoms with Gasteiger partial charge in [-0.1, -0.05) is 35.9 Å². The van der Waals surface area contributed by atoms with E-state index in [0.717, 1.165) is 11.1 Å². The molecule has 0 atom stereocenters. The van der Waals surface area contributed by atoms with Crippen molar-refractivity contribution in [3.8, 4) is 5.75 Å². The number of amides is 1. The SMILES string of the molecule is Cc1cccc(CCOc2cc(C(N)=O)ccc2CCS(C)(=O)=O)c1. The number of ether oxygens (including phenoxy) is 1. The highest BCUT2D eigenvalue weighted by atomic mass is 32.2. The van der Waals surface area contributed by atoms with Gasteiger partial charge in [0.05, 0.1) is 12.4 Å². The topological polar surface area (TPSA) is 86.5 Å². The maximum Gasteiger partial charge on any atom is 0.248 e. The Morgan fingerprint density at radius 2 is 1.88 bits per heavy atom. The molecule has 0 heterocycles. The fourth-order valence-electron chi connectivity index (χ4n) is 2.49. The Morgan fingerprint density at radius 1 is 1.12 bits per heavy atom. The maximum absolute atomic E-state index is 11.4. The van der Waals surface area contributed by atoms with Crippen LogP contribution in [0.25, 0.3) is 0 Å². The van der Waals surface area contributed by atoms with Crippen LogP contribution in [0.4, 0.5) is 0 Å². The molecule has 2 N–H and O–H groups in total. The Bertz CT molecular complexity index is 859. The van der Waals surface area contributed by atoms with Gasteiger partial charge in [0.25, 0.3) is 0 Å². The molecule has 0 spiro atoms. The molecule has 0 saturated heterocycles. The second kappa shape index (κ2) is 8.16. The van der Waals surface area contributed by atoms with Crippen LogP contribution in [0.1, 0.15) is 27.0 Å². The minimum Gasteiger partial charge on any atom is -0.493 e. The molecule has 5 nitrogen and oxygen atoms in total. The van der Waals surface area contributed by atoms with Crippen molar-refractivity contribution in [3.63, 3.8) is 0 Å². The molecule has 2 aromatic rings. The van der Waals surface area contributed by atoms with Gasteiger partial charge in [-0.3, -0.25) is 4.79 Å². The van der Waals surface area contributed by atoms with Gasteiger partial charge in [-0.25, -0.2) is 8.42 Å². The Labute approximate surface area is 148 Å². The van der Waals surface area contributed by atoms with Crippen LogP contribution in [0.5, 0.6) is 5.75 Å². The number of aryl methyl sites for hydroxylation is 2. The van der Waals surface area contributed by atoms with Crippen molar-refractivity contribution in [3.05, 3.63) is 64.7 Å². The summed E-state index contributed by atoms with van der Waals surface area (Å²) in [4.78, 5) is 11.4. The lowest BCUT2D eigenvalue weighted by molar-refractivity contribution is 0.1000. The molecule has 0 aliphatic heterocycles. The van der Waals surface area contributed by atoms with Gasteiger partial charge in [0.1, 0.15) is 15.6 Å². The average molecular weight is 361 g/mol. The lowest BCUT2D eigenvalue weighted by atomic mass is 10.1. The fourth-order valence-corrected chi connectivity index (χ4v) is 3.08. The average Bonchev–Trinajstić information content (AvgIpc) is 2.52. The molecule has 1 amide bonds. The van der Waals surface area contributed by atoms with Gasteiger partial charge in [0, 0.05) is 18.2 Å². The largest absolute Gasteiger partial charge is 0.493 e. The first kappa shape index (κ1) is 19.0. The van der Waals surface area contributed by atoms with E-state index in [-0.39, 0.29) is 5.75 Å². The predicted molar refractivity (Wildman–Crippen MR) is 98.8 cm³/mol. The zero-order chi connectivity index (χ0) is 18.4. The minimum atomic E-state index is -3.08. The zero-order valence-electron chi connectivity index (χ0n) is 14.5. The summed E-state index contributed by atoms with van der Waals surface area (Å²) in [6, 6.07) is 13.0. The summed E-state index contributed by atoms with van der Waals surface area (Å²) in [6.45, 7) is 2.46. The second-order valence-corrected chi connectivity index (χ2v) is 8.41. The van der Waals surface area contributed by atoms with Gasteiger partial charge in [-0.2, -0.15) is 0 Å². The minimum absolute atomic E-state index is 0.0250. The number of primary amides is 1. The van der Waals surface area contributed by atoms with Gasteiger partial charge in [0.15, 0.2) is 0 Å². The van der Waals surface area contributed by atoms with Crippen LogP contribution in [-0.4, -0.2) is 32.9 Å². The highest BCUT2D eigenvalue weighted by molar-refractivity contribution is 7.90. The van der Waals surface area contributed by atoms with Gasteiger partial charge in [-0.15, -0.1) is 0 Å². The van der Waals surface area contributed by atoms with Gasteiger partial charge in [-0.05, 0) is 36.6 Å². The molecule has 0 bridgehead atoms. The molecule has 0 aliphatic rings. The van der Waals surface area contributed by atoms with Crippen molar-refractivity contribution in [2.75, 3.05) is 18.6 Å². The number of hydrogen-bond acceptors (Lipinski definition) is 4. The number of nitrogens with two attached hydrogens (primary N) is 1. The second-order valence-electron chi connectivity index (χ2n) is 6.15. The molecule has 0 unspecified atom stereocenters. The summed E-state index contributed by atoms with van der Waals surface area (Å²) < 4.78 is 28.6. The van der Waals surface area contributed by atoms with E-state index in [0.29, 0.717) is 30.8 Å². The molecule has 25 heavy (non-hydrogen) atoms. The quantitative estimate of drug-likeness (QED) is 0.782. The molecule has 0 radical (unpaired) electrons. The lowest BCUT2D eigenvalue weighted by Gasteiger charge is -2.13. The number of carbonyl (C=O) groups excluding carboxylic acids is 1. The van der Waals surface area contributed by atoms with Crippen LogP contribution in [-0.2, 0) is 22.7 Å². The Balaban J connectivity index is 2.12. The standard InChI is InChI=1S/C19H23NO4S/c1-14-4-3-5-15(12-14)8-10-24-18-13-17(19(20)21)7-6-16(18)9-11-25(2,22)23/h3-7,12-13H,8-11H2,1-2H3,(H2,20,21). The van der Waals surface area contributed by atoms with Crippen LogP contribution >= 0.6 is 0 Å². The molecule has 0 aromatic heterocycles. The van der Waals surface area contributed by atoms with Crippen molar-refractivity contribution >= 4 is 15.7 Å². The summed E-state index contributed by atoms with van der Waals surface area (Å²) in [5.74, 6) is -0.0113. The van der Waals surface area contributed by atoms with E-state index < -0.39 is 15.7 Å². The first-order valence-corrected chi connectivity index (χ1v) is 10.1. The number of benzene rings is 2. The van der Waals surface area contributed by atoms with Crippen LogP contribution in [0.3, 0.4) is 0 Å². The molecule has 6 heteroatoms. The normalized spacial score (nSPS) is 11.3. The lowest BCUT2D eigenvalue weighted by Crippen LogP contribution is -2.13. The van der Waals surface area contributed by atoms with E-state index in [2.05, 4.69) is 6.07 Å². The van der Waals surface area contributed by atoms with Crippen molar-refractivity contribution in [1.82, 2.24) is 0 Å². The van der Waals surface area contributed by atoms with E-state index in [1.165, 1.54) is 11.8 Å². The van der Waals surface area contributed by atoms with Gasteiger partial charge >= 0.3 is 0 Å². The van der Waals surface area contributed by atoms with Crippen molar-refractivity contribution in [1.29, 1.82) is 0 Å². The van der Waals surface area contributed by atoms with Gasteiger partial charge < -0.3 is 10.5 Å². The summed E-state index contributed by atoms with van der Waals surface area (Å²) in [6.07, 6.45) is 2.24. The first-order valence-electron chi connectivity index (χ1n) is 8.03. The molecular weight excluding hydrogens is 338 g/mol. The number of sulfone groups is 1. The summed E-state index contributed by atoms with van der Waals surface area (Å²) >= 11 is 0. The van der Waals surface area contributed by atoms with Crippen molar-refractivity contribution < 1.29 is 17.9 Å². The third-order valence-corrected chi connectivity index (χ3v) is 4.77. The van der Waals surface area contributed by atoms with Crippen molar-refractivity contribution in [2.24, 2.45) is 5.73 Å². The summed E-state index contributed by atoms with van der Waals surface area (Å²) in [5.41, 5.74) is 8.75.